The van der Waals surface area contributed by atoms with Crippen LogP contribution in [0.5, 0.6) is 0 Å². The van der Waals surface area contributed by atoms with E-state index in [1.165, 1.54) is 6.07 Å². The third-order valence-corrected chi connectivity index (χ3v) is 3.99. The van der Waals surface area contributed by atoms with E-state index in [1.54, 1.807) is 16.8 Å². The fourth-order valence-corrected chi connectivity index (χ4v) is 2.85. The zero-order chi connectivity index (χ0) is 16.7. The van der Waals surface area contributed by atoms with Crippen LogP contribution >= 0.6 is 0 Å². The summed E-state index contributed by atoms with van der Waals surface area (Å²) in [6.45, 7) is 2.69. The number of halogens is 1. The van der Waals surface area contributed by atoms with Gasteiger partial charge in [-0.15, -0.1) is 10.2 Å². The standard InChI is InChI=1S/C17H15FN6/c1-2-23(11-6-4-3-5-7-11)16-12-8-13(18)14(19)9-15(12)24-10-20-22-17(24)21-16/h3-10H,2,19H2,1H3. The summed E-state index contributed by atoms with van der Waals surface area (Å²) in [4.78, 5) is 6.60. The van der Waals surface area contributed by atoms with Gasteiger partial charge in [-0.25, -0.2) is 4.39 Å². The number of hydrogen-bond acceptors (Lipinski definition) is 5. The number of para-hydroxylation sites is 1. The molecule has 0 unspecified atom stereocenters. The summed E-state index contributed by atoms with van der Waals surface area (Å²) in [7, 11) is 0. The average Bonchev–Trinajstić information content (AvgIpc) is 3.07. The predicted molar refractivity (Wildman–Crippen MR) is 91.8 cm³/mol. The molecule has 0 aliphatic rings. The highest BCUT2D eigenvalue weighted by molar-refractivity contribution is 5.95. The first-order valence-corrected chi connectivity index (χ1v) is 7.60. The lowest BCUT2D eigenvalue weighted by Gasteiger charge is -2.24. The van der Waals surface area contributed by atoms with Crippen LogP contribution in [-0.4, -0.2) is 26.1 Å². The Morgan fingerprint density at radius 3 is 2.75 bits per heavy atom. The highest BCUT2D eigenvalue weighted by Gasteiger charge is 2.17. The van der Waals surface area contributed by atoms with E-state index in [2.05, 4.69) is 15.2 Å². The quantitative estimate of drug-likeness (QED) is 0.587. The molecule has 0 atom stereocenters. The molecule has 120 valence electrons. The molecule has 7 heteroatoms. The van der Waals surface area contributed by atoms with E-state index >= 15 is 0 Å². The van der Waals surface area contributed by atoms with Crippen molar-refractivity contribution in [1.29, 1.82) is 0 Å². The molecule has 0 aliphatic carbocycles. The lowest BCUT2D eigenvalue weighted by atomic mass is 10.1. The van der Waals surface area contributed by atoms with Gasteiger partial charge in [0.2, 0.25) is 0 Å². The SMILES string of the molecule is CCN(c1ccccc1)c1nc2nncn2c2cc(N)c(F)cc12. The van der Waals surface area contributed by atoms with Gasteiger partial charge in [0.1, 0.15) is 18.0 Å². The fraction of sp³-hybridized carbons (Fsp3) is 0.118. The molecule has 0 bridgehead atoms. The molecule has 24 heavy (non-hydrogen) atoms. The Hall–Kier alpha value is -3.22. The van der Waals surface area contributed by atoms with Gasteiger partial charge in [-0.1, -0.05) is 18.2 Å². The Morgan fingerprint density at radius 2 is 2.00 bits per heavy atom. The normalized spacial score (nSPS) is 11.2. The smallest absolute Gasteiger partial charge is 0.257 e. The van der Waals surface area contributed by atoms with Gasteiger partial charge in [0, 0.05) is 17.6 Å². The van der Waals surface area contributed by atoms with Gasteiger partial charge >= 0.3 is 0 Å². The molecule has 0 saturated carbocycles. The molecule has 6 nitrogen and oxygen atoms in total. The highest BCUT2D eigenvalue weighted by atomic mass is 19.1. The largest absolute Gasteiger partial charge is 0.396 e. The van der Waals surface area contributed by atoms with E-state index in [-0.39, 0.29) is 5.69 Å². The van der Waals surface area contributed by atoms with E-state index < -0.39 is 5.82 Å². The van der Waals surface area contributed by atoms with E-state index in [0.717, 1.165) is 5.69 Å². The van der Waals surface area contributed by atoms with Crippen molar-refractivity contribution in [3.63, 3.8) is 0 Å². The van der Waals surface area contributed by atoms with E-state index in [1.807, 2.05) is 42.2 Å². The molecule has 0 aliphatic heterocycles. The van der Waals surface area contributed by atoms with E-state index in [4.69, 9.17) is 5.73 Å². The van der Waals surface area contributed by atoms with E-state index in [0.29, 0.717) is 29.0 Å². The second kappa shape index (κ2) is 5.45. The van der Waals surface area contributed by atoms with E-state index in [9.17, 15) is 4.39 Å². The van der Waals surface area contributed by atoms with Crippen molar-refractivity contribution < 1.29 is 4.39 Å². The van der Waals surface area contributed by atoms with Gasteiger partial charge in [-0.05, 0) is 31.2 Å². The number of aromatic nitrogens is 4. The molecule has 0 amide bonds. The summed E-state index contributed by atoms with van der Waals surface area (Å²) < 4.78 is 15.8. The Kier molecular flexibility index (Phi) is 3.26. The zero-order valence-corrected chi connectivity index (χ0v) is 13.0. The van der Waals surface area contributed by atoms with Gasteiger partial charge in [0.05, 0.1) is 11.2 Å². The Morgan fingerprint density at radius 1 is 1.21 bits per heavy atom. The maximum absolute atomic E-state index is 14.1. The molecule has 2 aromatic heterocycles. The number of benzene rings is 2. The van der Waals surface area contributed by atoms with Crippen LogP contribution in [0.1, 0.15) is 6.92 Å². The molecule has 4 aromatic rings. The molecule has 2 N–H and O–H groups in total. The van der Waals surface area contributed by atoms with Crippen molar-refractivity contribution >= 4 is 33.9 Å². The van der Waals surface area contributed by atoms with Crippen molar-refractivity contribution in [2.24, 2.45) is 0 Å². The fourth-order valence-electron chi connectivity index (χ4n) is 2.85. The molecule has 0 spiro atoms. The van der Waals surface area contributed by atoms with Gasteiger partial charge in [-0.3, -0.25) is 4.40 Å². The molecule has 0 radical (unpaired) electrons. The first-order valence-electron chi connectivity index (χ1n) is 7.60. The molecular formula is C17H15FN6. The van der Waals surface area contributed by atoms with Crippen LogP contribution in [0.2, 0.25) is 0 Å². The highest BCUT2D eigenvalue weighted by Crippen LogP contribution is 2.32. The summed E-state index contributed by atoms with van der Waals surface area (Å²) in [5.41, 5.74) is 7.52. The summed E-state index contributed by atoms with van der Waals surface area (Å²) in [6, 6.07) is 12.8. The third kappa shape index (κ3) is 2.13. The van der Waals surface area contributed by atoms with Gasteiger partial charge < -0.3 is 10.6 Å². The van der Waals surface area contributed by atoms with Crippen LogP contribution < -0.4 is 10.6 Å². The van der Waals surface area contributed by atoms with Gasteiger partial charge in [0.25, 0.3) is 5.78 Å². The van der Waals surface area contributed by atoms with Crippen LogP contribution in [0, 0.1) is 5.82 Å². The Balaban J connectivity index is 2.07. The molecule has 0 saturated heterocycles. The minimum Gasteiger partial charge on any atom is -0.396 e. The van der Waals surface area contributed by atoms with Crippen LogP contribution in [0.25, 0.3) is 16.7 Å². The summed E-state index contributed by atoms with van der Waals surface area (Å²) in [5, 5.41) is 8.58. The van der Waals surface area contributed by atoms with Crippen LogP contribution in [-0.2, 0) is 0 Å². The maximum atomic E-state index is 14.1. The number of nitrogens with zero attached hydrogens (tertiary/aromatic N) is 5. The Bertz CT molecular complexity index is 1030. The lowest BCUT2D eigenvalue weighted by Crippen LogP contribution is -2.18. The summed E-state index contributed by atoms with van der Waals surface area (Å²) in [5.74, 6) is 0.595. The van der Waals surface area contributed by atoms with Crippen LogP contribution in [0.3, 0.4) is 0 Å². The minimum absolute atomic E-state index is 0.0809. The van der Waals surface area contributed by atoms with Crippen molar-refractivity contribution in [1.82, 2.24) is 19.6 Å². The molecule has 4 rings (SSSR count). The lowest BCUT2D eigenvalue weighted by molar-refractivity contribution is 0.634. The van der Waals surface area contributed by atoms with Crippen LogP contribution in [0.4, 0.5) is 21.6 Å². The summed E-state index contributed by atoms with van der Waals surface area (Å²) in [6.07, 6.45) is 1.55. The van der Waals surface area contributed by atoms with Crippen molar-refractivity contribution in [3.8, 4) is 0 Å². The first-order chi connectivity index (χ1) is 11.7. The first kappa shape index (κ1) is 14.4. The molecule has 2 heterocycles. The van der Waals surface area contributed by atoms with Crippen molar-refractivity contribution in [2.45, 2.75) is 6.92 Å². The maximum Gasteiger partial charge on any atom is 0.257 e. The number of hydrogen-bond donors (Lipinski definition) is 1. The number of rotatable bonds is 3. The third-order valence-electron chi connectivity index (χ3n) is 3.99. The van der Waals surface area contributed by atoms with Gasteiger partial charge in [0.15, 0.2) is 0 Å². The predicted octanol–water partition coefficient (Wildman–Crippen LogP) is 3.16. The topological polar surface area (TPSA) is 72.3 Å². The van der Waals surface area contributed by atoms with Crippen molar-refractivity contribution in [2.75, 3.05) is 17.2 Å². The number of fused-ring (bicyclic) bond motifs is 3. The van der Waals surface area contributed by atoms with Crippen LogP contribution in [0.15, 0.2) is 48.8 Å². The molecule has 0 fully saturated rings. The minimum atomic E-state index is -0.470. The number of anilines is 3. The summed E-state index contributed by atoms with van der Waals surface area (Å²) >= 11 is 0. The number of nitrogens with two attached hydrogens (primary N) is 1. The second-order valence-corrected chi connectivity index (χ2v) is 5.41. The molecule has 2 aromatic carbocycles. The van der Waals surface area contributed by atoms with Crippen molar-refractivity contribution in [3.05, 3.63) is 54.6 Å². The molecular weight excluding hydrogens is 307 g/mol. The zero-order valence-electron chi connectivity index (χ0n) is 13.0. The second-order valence-electron chi connectivity index (χ2n) is 5.41. The number of nitrogen functional groups attached to an aromatic ring is 1. The van der Waals surface area contributed by atoms with Gasteiger partial charge in [-0.2, -0.15) is 4.98 Å². The average molecular weight is 322 g/mol. The monoisotopic (exact) mass is 322 g/mol. The Labute approximate surface area is 137 Å².